The average Bonchev–Trinajstić information content (AvgIpc) is 2.88. The molecule has 0 bridgehead atoms. The molecule has 1 fully saturated rings. The Labute approximate surface area is 201 Å². The summed E-state index contributed by atoms with van der Waals surface area (Å²) in [7, 11) is 0. The first kappa shape index (κ1) is 21.6. The molecule has 1 N–H and O–H groups in total. The number of imide groups is 2. The summed E-state index contributed by atoms with van der Waals surface area (Å²) in [5.74, 6) is -1.84. The molecule has 0 saturated carbocycles. The summed E-state index contributed by atoms with van der Waals surface area (Å²) in [6.45, 7) is 1.28. The summed E-state index contributed by atoms with van der Waals surface area (Å²) >= 11 is 0. The highest BCUT2D eigenvalue weighted by molar-refractivity contribution is 6.39. The van der Waals surface area contributed by atoms with Gasteiger partial charge in [0.25, 0.3) is 23.6 Å². The summed E-state index contributed by atoms with van der Waals surface area (Å²) in [5, 5.41) is 12.9. The van der Waals surface area contributed by atoms with E-state index in [1.165, 1.54) is 5.01 Å². The van der Waals surface area contributed by atoms with Gasteiger partial charge in [-0.15, -0.1) is 0 Å². The third kappa shape index (κ3) is 3.14. The second-order valence-electron chi connectivity index (χ2n) is 9.09. The molecule has 4 amide bonds. The Morgan fingerprint density at radius 3 is 1.60 bits per heavy atom. The van der Waals surface area contributed by atoms with Crippen LogP contribution in [0.4, 0.5) is 5.69 Å². The van der Waals surface area contributed by atoms with Crippen molar-refractivity contribution in [1.29, 1.82) is 0 Å². The molecule has 1 saturated heterocycles. The summed E-state index contributed by atoms with van der Waals surface area (Å²) in [6.07, 6.45) is 3.37. The number of anilines is 1. The number of aliphatic hydroxyl groups is 1. The quantitative estimate of drug-likeness (QED) is 0.590. The maximum Gasteiger partial charge on any atom is 0.276 e. The van der Waals surface area contributed by atoms with Crippen LogP contribution in [0.2, 0.25) is 0 Å². The summed E-state index contributed by atoms with van der Waals surface area (Å²) in [6, 6.07) is 13.2. The minimum atomic E-state index is -0.500. The predicted molar refractivity (Wildman–Crippen MR) is 128 cm³/mol. The van der Waals surface area contributed by atoms with Crippen molar-refractivity contribution in [1.82, 2.24) is 10.0 Å². The van der Waals surface area contributed by atoms with Crippen molar-refractivity contribution < 1.29 is 24.3 Å². The molecule has 8 nitrogen and oxygen atoms in total. The standard InChI is InChI=1S/C27H23N3O5/c31-15-12-16-4-6-17(7-5-16)29-24(32)18-8-10-20-23-21(11-9-19(22(18)23)25(29)33)27(35)30(26(20)34)28-13-2-1-3-14-28/h4-11,31H,1-3,12-15H2. The molecule has 3 aliphatic heterocycles. The number of piperidine rings is 1. The summed E-state index contributed by atoms with van der Waals surface area (Å²) in [4.78, 5) is 55.0. The van der Waals surface area contributed by atoms with Crippen molar-refractivity contribution in [2.24, 2.45) is 0 Å². The Bertz CT molecular complexity index is 1350. The van der Waals surface area contributed by atoms with Gasteiger partial charge in [0.2, 0.25) is 0 Å². The van der Waals surface area contributed by atoms with E-state index in [-0.39, 0.29) is 17.7 Å². The Morgan fingerprint density at radius 2 is 1.11 bits per heavy atom. The van der Waals surface area contributed by atoms with E-state index < -0.39 is 23.6 Å². The van der Waals surface area contributed by atoms with E-state index in [0.29, 0.717) is 47.1 Å². The highest BCUT2D eigenvalue weighted by Gasteiger charge is 2.42. The maximum absolute atomic E-state index is 13.5. The highest BCUT2D eigenvalue weighted by Crippen LogP contribution is 2.39. The van der Waals surface area contributed by atoms with E-state index in [2.05, 4.69) is 0 Å². The van der Waals surface area contributed by atoms with E-state index in [4.69, 9.17) is 5.11 Å². The number of rotatable bonds is 4. The lowest BCUT2D eigenvalue weighted by atomic mass is 9.86. The molecule has 0 radical (unpaired) electrons. The lowest BCUT2D eigenvalue weighted by Gasteiger charge is -2.38. The van der Waals surface area contributed by atoms with Crippen molar-refractivity contribution >= 4 is 40.1 Å². The number of nitrogens with zero attached hydrogens (tertiary/aromatic N) is 3. The Morgan fingerprint density at radius 1 is 0.629 bits per heavy atom. The molecule has 6 rings (SSSR count). The van der Waals surface area contributed by atoms with Crippen molar-refractivity contribution in [3.05, 3.63) is 76.3 Å². The Kier molecular flexibility index (Phi) is 5.01. The predicted octanol–water partition coefficient (Wildman–Crippen LogP) is 3.17. The minimum Gasteiger partial charge on any atom is -0.396 e. The van der Waals surface area contributed by atoms with Crippen LogP contribution in [-0.2, 0) is 6.42 Å². The number of hydrogen-bond donors (Lipinski definition) is 1. The van der Waals surface area contributed by atoms with Crippen molar-refractivity contribution in [2.75, 3.05) is 24.6 Å². The van der Waals surface area contributed by atoms with Crippen LogP contribution in [0.1, 0.15) is 66.3 Å². The van der Waals surface area contributed by atoms with Gasteiger partial charge in [0.05, 0.1) is 16.8 Å². The van der Waals surface area contributed by atoms with Gasteiger partial charge in [-0.25, -0.2) is 14.9 Å². The molecule has 0 atom stereocenters. The number of carbonyl (C=O) groups excluding carboxylic acids is 4. The van der Waals surface area contributed by atoms with Crippen LogP contribution >= 0.6 is 0 Å². The number of hydrazine groups is 1. The topological polar surface area (TPSA) is 98.2 Å². The third-order valence-electron chi connectivity index (χ3n) is 7.08. The van der Waals surface area contributed by atoms with E-state index >= 15 is 0 Å². The second kappa shape index (κ2) is 8.11. The Balaban J connectivity index is 1.47. The molecular weight excluding hydrogens is 446 g/mol. The van der Waals surface area contributed by atoms with Gasteiger partial charge in [0.1, 0.15) is 0 Å². The first-order chi connectivity index (χ1) is 17.0. The fourth-order valence-electron chi connectivity index (χ4n) is 5.37. The monoisotopic (exact) mass is 469 g/mol. The van der Waals surface area contributed by atoms with Crippen LogP contribution in [-0.4, -0.2) is 58.4 Å². The minimum absolute atomic E-state index is 0.00753. The van der Waals surface area contributed by atoms with Crippen molar-refractivity contribution in [2.45, 2.75) is 25.7 Å². The number of carbonyl (C=O) groups is 4. The van der Waals surface area contributed by atoms with Gasteiger partial charge >= 0.3 is 0 Å². The van der Waals surface area contributed by atoms with E-state index in [1.54, 1.807) is 53.5 Å². The molecule has 0 spiro atoms. The molecule has 3 aliphatic rings. The third-order valence-corrected chi connectivity index (χ3v) is 7.08. The van der Waals surface area contributed by atoms with Gasteiger partial charge in [-0.2, -0.15) is 0 Å². The molecule has 35 heavy (non-hydrogen) atoms. The van der Waals surface area contributed by atoms with Gasteiger partial charge in [-0.3, -0.25) is 19.2 Å². The number of aliphatic hydroxyl groups excluding tert-OH is 1. The second-order valence-corrected chi connectivity index (χ2v) is 9.09. The molecular formula is C27H23N3O5. The zero-order chi connectivity index (χ0) is 24.3. The zero-order valence-electron chi connectivity index (χ0n) is 19.0. The lowest BCUT2D eigenvalue weighted by molar-refractivity contribution is -0.0115. The molecule has 176 valence electrons. The van der Waals surface area contributed by atoms with E-state index in [0.717, 1.165) is 29.7 Å². The smallest absolute Gasteiger partial charge is 0.276 e. The normalized spacial score (nSPS) is 18.1. The number of benzene rings is 3. The molecule has 0 unspecified atom stereocenters. The first-order valence-corrected chi connectivity index (χ1v) is 11.8. The van der Waals surface area contributed by atoms with Crippen molar-refractivity contribution in [3.8, 4) is 0 Å². The van der Waals surface area contributed by atoms with Crippen molar-refractivity contribution in [3.63, 3.8) is 0 Å². The van der Waals surface area contributed by atoms with Crippen LogP contribution in [0.5, 0.6) is 0 Å². The van der Waals surface area contributed by atoms with Gasteiger partial charge in [-0.05, 0) is 61.2 Å². The lowest BCUT2D eigenvalue weighted by Crippen LogP contribution is -2.53. The average molecular weight is 469 g/mol. The van der Waals surface area contributed by atoms with Gasteiger partial charge in [0, 0.05) is 41.6 Å². The van der Waals surface area contributed by atoms with E-state index in [1.807, 2.05) is 0 Å². The van der Waals surface area contributed by atoms with Crippen LogP contribution in [0.3, 0.4) is 0 Å². The fourth-order valence-corrected chi connectivity index (χ4v) is 5.37. The highest BCUT2D eigenvalue weighted by atomic mass is 16.3. The zero-order valence-corrected chi connectivity index (χ0v) is 19.0. The van der Waals surface area contributed by atoms with Crippen LogP contribution in [0.15, 0.2) is 48.5 Å². The molecule has 8 heteroatoms. The van der Waals surface area contributed by atoms with E-state index in [9.17, 15) is 19.2 Å². The van der Waals surface area contributed by atoms with Gasteiger partial charge < -0.3 is 5.11 Å². The SMILES string of the molecule is O=C1c2ccc3c4c(ccc(c24)C(=O)N1c1ccc(CCO)cc1)C(=O)N(N1CCCCC1)C3=O. The van der Waals surface area contributed by atoms with Gasteiger partial charge in [0.15, 0.2) is 0 Å². The van der Waals surface area contributed by atoms with Crippen LogP contribution < -0.4 is 4.90 Å². The number of amides is 4. The molecule has 3 aromatic carbocycles. The Hall–Kier alpha value is -3.88. The molecule has 3 heterocycles. The largest absolute Gasteiger partial charge is 0.396 e. The summed E-state index contributed by atoms with van der Waals surface area (Å²) < 4.78 is 0. The van der Waals surface area contributed by atoms with Gasteiger partial charge in [-0.1, -0.05) is 18.6 Å². The number of hydrogen-bond acceptors (Lipinski definition) is 6. The fraction of sp³-hybridized carbons (Fsp3) is 0.259. The summed E-state index contributed by atoms with van der Waals surface area (Å²) in [5.41, 5.74) is 2.53. The maximum atomic E-state index is 13.5. The van der Waals surface area contributed by atoms with Crippen LogP contribution in [0, 0.1) is 0 Å². The molecule has 3 aromatic rings. The molecule has 0 aromatic heterocycles. The first-order valence-electron chi connectivity index (χ1n) is 11.8. The van der Waals surface area contributed by atoms with Crippen LogP contribution in [0.25, 0.3) is 10.8 Å². The molecule has 0 aliphatic carbocycles.